The van der Waals surface area contributed by atoms with Gasteiger partial charge in [-0.3, -0.25) is 0 Å². The van der Waals surface area contributed by atoms with Gasteiger partial charge in [0.2, 0.25) is 0 Å². The Hall–Kier alpha value is -3.66. The highest BCUT2D eigenvalue weighted by molar-refractivity contribution is 7.07. The zero-order valence-corrected chi connectivity index (χ0v) is 23.8. The molecule has 0 atom stereocenters. The van der Waals surface area contributed by atoms with Gasteiger partial charge in [-0.15, -0.1) is 11.3 Å². The molecule has 0 spiro atoms. The molecule has 0 radical (unpaired) electrons. The van der Waals surface area contributed by atoms with Gasteiger partial charge in [0.25, 0.3) is 0 Å². The van der Waals surface area contributed by atoms with Gasteiger partial charge in [-0.1, -0.05) is 23.7 Å². The number of aromatic nitrogens is 1. The number of hydrogen-bond acceptors (Lipinski definition) is 5. The maximum atomic E-state index is 13.4. The molecule has 2 N–H and O–H groups in total. The lowest BCUT2D eigenvalue weighted by Gasteiger charge is -2.28. The number of ether oxygens (including phenoxy) is 1. The van der Waals surface area contributed by atoms with Gasteiger partial charge in [0, 0.05) is 48.0 Å². The maximum absolute atomic E-state index is 13.4. The number of nitrogens with one attached hydrogen (secondary N) is 2. The van der Waals surface area contributed by atoms with Crippen molar-refractivity contribution in [2.75, 3.05) is 43.1 Å². The summed E-state index contributed by atoms with van der Waals surface area (Å²) in [6.07, 6.45) is 0.694. The van der Waals surface area contributed by atoms with Gasteiger partial charge < -0.3 is 24.8 Å². The van der Waals surface area contributed by atoms with E-state index >= 15 is 0 Å². The number of aryl methyl sites for hydroxylation is 1. The highest BCUT2D eigenvalue weighted by Gasteiger charge is 2.13. The van der Waals surface area contributed by atoms with Crippen molar-refractivity contribution < 1.29 is 13.9 Å². The van der Waals surface area contributed by atoms with E-state index in [1.807, 2.05) is 13.0 Å². The normalized spacial score (nSPS) is 13.9. The Labute approximate surface area is 241 Å². The molecule has 7 nitrogen and oxygen atoms in total. The summed E-state index contributed by atoms with van der Waals surface area (Å²) < 4.78 is 21.1. The molecule has 4 aromatic rings. The molecule has 5 rings (SSSR count). The average molecular weight is 580 g/mol. The van der Waals surface area contributed by atoms with Gasteiger partial charge in [0.05, 0.1) is 24.6 Å². The molecule has 0 unspecified atom stereocenters. The number of urea groups is 1. The predicted molar refractivity (Wildman–Crippen MR) is 160 cm³/mol. The molecule has 40 heavy (non-hydrogen) atoms. The van der Waals surface area contributed by atoms with E-state index in [0.717, 1.165) is 47.9 Å². The number of morpholine rings is 1. The number of amides is 2. The van der Waals surface area contributed by atoms with E-state index in [1.54, 1.807) is 24.3 Å². The zero-order chi connectivity index (χ0) is 27.9. The topological polar surface area (TPSA) is 70.9 Å². The number of rotatable bonds is 8. The highest BCUT2D eigenvalue weighted by Crippen LogP contribution is 2.25. The fraction of sp³-hybridized carbons (Fsp3) is 0.267. The lowest BCUT2D eigenvalue weighted by molar-refractivity contribution is 0.122. The quantitative estimate of drug-likeness (QED) is 0.231. The first-order chi connectivity index (χ1) is 19.5. The molecule has 2 heterocycles. The van der Waals surface area contributed by atoms with Crippen LogP contribution in [0.15, 0.2) is 77.1 Å². The van der Waals surface area contributed by atoms with Gasteiger partial charge in [0.15, 0.2) is 4.80 Å². The van der Waals surface area contributed by atoms with Crippen molar-refractivity contribution in [3.8, 4) is 11.3 Å². The first-order valence-corrected chi connectivity index (χ1v) is 14.4. The molecule has 1 saturated heterocycles. The van der Waals surface area contributed by atoms with Crippen molar-refractivity contribution in [3.63, 3.8) is 0 Å². The van der Waals surface area contributed by atoms with Crippen LogP contribution in [0.3, 0.4) is 0 Å². The van der Waals surface area contributed by atoms with Gasteiger partial charge in [0.1, 0.15) is 5.82 Å². The Balaban J connectivity index is 1.30. The number of benzene rings is 3. The van der Waals surface area contributed by atoms with Crippen LogP contribution in [0.5, 0.6) is 0 Å². The third-order valence-corrected chi connectivity index (χ3v) is 7.94. The predicted octanol–water partition coefficient (Wildman–Crippen LogP) is 6.60. The second kappa shape index (κ2) is 13.1. The molecule has 1 aliphatic rings. The number of nitrogens with zero attached hydrogens (tertiary/aromatic N) is 3. The van der Waals surface area contributed by atoms with Crippen molar-refractivity contribution in [1.29, 1.82) is 0 Å². The fourth-order valence-electron chi connectivity index (χ4n) is 4.49. The molecular formula is C30H31ClFN5O2S. The number of carbonyl (C=O) groups is 1. The van der Waals surface area contributed by atoms with Crippen LogP contribution in [-0.4, -0.2) is 43.4 Å². The molecule has 2 amide bonds. The van der Waals surface area contributed by atoms with E-state index in [2.05, 4.69) is 49.7 Å². The summed E-state index contributed by atoms with van der Waals surface area (Å²) in [6, 6.07) is 19.8. The summed E-state index contributed by atoms with van der Waals surface area (Å²) >= 11 is 7.61. The third-order valence-electron chi connectivity index (χ3n) is 6.65. The number of carbonyl (C=O) groups excluding carboxylic acids is 1. The molecule has 10 heteroatoms. The zero-order valence-electron chi connectivity index (χ0n) is 22.2. The van der Waals surface area contributed by atoms with Crippen LogP contribution >= 0.6 is 22.9 Å². The standard InChI is InChI=1S/C30H31ClFN5O2S/c1-21-19-25(9-12-27(21)31)34-29(38)33-13-2-14-37-28(20-40-30(37)35-24-7-5-23(32)6-8-24)22-3-10-26(11-4-22)36-15-17-39-18-16-36/h3-12,19-20H,2,13-18H2,1H3,(H2,33,34,38). The molecule has 0 saturated carbocycles. The van der Waals surface area contributed by atoms with Gasteiger partial charge in [-0.05, 0) is 79.1 Å². The second-order valence-electron chi connectivity index (χ2n) is 9.49. The third kappa shape index (κ3) is 7.10. The molecule has 208 valence electrons. The molecule has 1 aliphatic heterocycles. The summed E-state index contributed by atoms with van der Waals surface area (Å²) in [7, 11) is 0. The number of hydrogen-bond donors (Lipinski definition) is 2. The van der Waals surface area contributed by atoms with Crippen LogP contribution in [-0.2, 0) is 11.3 Å². The summed E-state index contributed by atoms with van der Waals surface area (Å²) in [5.41, 5.74) is 5.57. The van der Waals surface area contributed by atoms with E-state index in [4.69, 9.17) is 21.3 Å². The van der Waals surface area contributed by atoms with Gasteiger partial charge in [-0.25, -0.2) is 14.2 Å². The van der Waals surface area contributed by atoms with Crippen molar-refractivity contribution in [1.82, 2.24) is 9.88 Å². The SMILES string of the molecule is Cc1cc(NC(=O)NCCCn2c(-c3ccc(N4CCOCC4)cc3)csc2=Nc2ccc(F)cc2)ccc1Cl. The number of anilines is 2. The highest BCUT2D eigenvalue weighted by atomic mass is 35.5. The first-order valence-electron chi connectivity index (χ1n) is 13.2. The summed E-state index contributed by atoms with van der Waals surface area (Å²) in [4.78, 5) is 20.4. The van der Waals surface area contributed by atoms with Crippen LogP contribution in [0.1, 0.15) is 12.0 Å². The van der Waals surface area contributed by atoms with E-state index in [9.17, 15) is 9.18 Å². The summed E-state index contributed by atoms with van der Waals surface area (Å²) in [5, 5.41) is 8.52. The maximum Gasteiger partial charge on any atom is 0.319 e. The summed E-state index contributed by atoms with van der Waals surface area (Å²) in [5.74, 6) is -0.294. The number of thiazole rings is 1. The van der Waals surface area contributed by atoms with E-state index in [0.29, 0.717) is 35.9 Å². The summed E-state index contributed by atoms with van der Waals surface area (Å²) in [6.45, 7) is 6.27. The average Bonchev–Trinajstić information content (AvgIpc) is 3.37. The minimum Gasteiger partial charge on any atom is -0.378 e. The molecule has 1 fully saturated rings. The van der Waals surface area contributed by atoms with Crippen molar-refractivity contribution in [3.05, 3.63) is 93.3 Å². The Bertz CT molecular complexity index is 1510. The molecular weight excluding hydrogens is 549 g/mol. The smallest absolute Gasteiger partial charge is 0.319 e. The molecule has 3 aromatic carbocycles. The fourth-order valence-corrected chi connectivity index (χ4v) is 5.57. The molecule has 0 aliphatic carbocycles. The monoisotopic (exact) mass is 579 g/mol. The number of halogens is 2. The Morgan fingerprint density at radius 2 is 1.82 bits per heavy atom. The molecule has 1 aromatic heterocycles. The Kier molecular flexibility index (Phi) is 9.15. The minimum absolute atomic E-state index is 0.271. The van der Waals surface area contributed by atoms with Crippen LogP contribution in [0, 0.1) is 12.7 Å². The molecule has 0 bridgehead atoms. The van der Waals surface area contributed by atoms with Crippen LogP contribution in [0.4, 0.5) is 26.2 Å². The second-order valence-corrected chi connectivity index (χ2v) is 10.7. The minimum atomic E-state index is -0.294. The lowest BCUT2D eigenvalue weighted by atomic mass is 10.1. The van der Waals surface area contributed by atoms with E-state index in [-0.39, 0.29) is 11.8 Å². The van der Waals surface area contributed by atoms with Crippen LogP contribution in [0.25, 0.3) is 11.3 Å². The Morgan fingerprint density at radius 1 is 1.07 bits per heavy atom. The lowest BCUT2D eigenvalue weighted by Crippen LogP contribution is -2.36. The van der Waals surface area contributed by atoms with Gasteiger partial charge in [-0.2, -0.15) is 0 Å². The Morgan fingerprint density at radius 3 is 2.55 bits per heavy atom. The van der Waals surface area contributed by atoms with E-state index < -0.39 is 0 Å². The van der Waals surface area contributed by atoms with Crippen LogP contribution in [0.2, 0.25) is 5.02 Å². The van der Waals surface area contributed by atoms with Crippen molar-refractivity contribution in [2.45, 2.75) is 19.9 Å². The van der Waals surface area contributed by atoms with Crippen molar-refractivity contribution in [2.24, 2.45) is 4.99 Å². The van der Waals surface area contributed by atoms with Gasteiger partial charge >= 0.3 is 6.03 Å². The van der Waals surface area contributed by atoms with Crippen molar-refractivity contribution >= 4 is 46.0 Å². The van der Waals surface area contributed by atoms with Crippen LogP contribution < -0.4 is 20.3 Å². The van der Waals surface area contributed by atoms with E-state index in [1.165, 1.54) is 29.2 Å². The largest absolute Gasteiger partial charge is 0.378 e. The first kappa shape index (κ1) is 27.9.